The molecule has 2 aromatic rings. The lowest BCUT2D eigenvalue weighted by Crippen LogP contribution is -2.35. The van der Waals surface area contributed by atoms with E-state index in [0.717, 1.165) is 5.56 Å². The predicted molar refractivity (Wildman–Crippen MR) is 114 cm³/mol. The van der Waals surface area contributed by atoms with Crippen molar-refractivity contribution in [1.29, 1.82) is 10.8 Å². The van der Waals surface area contributed by atoms with Crippen LogP contribution in [0, 0.1) is 10.8 Å². The summed E-state index contributed by atoms with van der Waals surface area (Å²) in [4.78, 5) is 0. The Morgan fingerprint density at radius 2 is 1.33 bits per heavy atom. The monoisotopic (exact) mass is 412 g/mol. The molecule has 0 saturated carbocycles. The van der Waals surface area contributed by atoms with Gasteiger partial charge in [-0.15, -0.1) is 0 Å². The highest BCUT2D eigenvalue weighted by Gasteiger charge is 2.49. The maximum Gasteiger partial charge on any atom is 0.151 e. The van der Waals surface area contributed by atoms with E-state index in [2.05, 4.69) is 0 Å². The molecular formula is C22H28N4O4. The van der Waals surface area contributed by atoms with Crippen molar-refractivity contribution in [3.05, 3.63) is 65.2 Å². The standard InChI is InChI=1S/C21H24N4O4.CH4/c22-20(23)13-3-1-12(2-4-13)9-26-16-10-27-19-17(11-28-18(16)19)29-15-7-5-14(6-8-15)21(24)25;/h1-8,16-19H,9-11H2,(H3,22,23)(H3,24,25);1H4/t16-,17+,18+,19+;/m0./s1. The number of fused-ring (bicyclic) bond motifs is 1. The SMILES string of the molecule is C.N=C(N)c1ccc(CO[C@H]2CO[C@H]3[C@@H]2OC[C@H]3Oc2ccc(C(=N)N)cc2)cc1. The molecule has 0 bridgehead atoms. The lowest BCUT2D eigenvalue weighted by Gasteiger charge is -2.18. The number of rotatable bonds is 7. The maximum atomic E-state index is 7.45. The van der Waals surface area contributed by atoms with Crippen LogP contribution in [0.25, 0.3) is 0 Å². The van der Waals surface area contributed by atoms with Crippen molar-refractivity contribution in [2.75, 3.05) is 13.2 Å². The number of ether oxygens (including phenoxy) is 4. The molecule has 6 N–H and O–H groups in total. The fourth-order valence-electron chi connectivity index (χ4n) is 3.54. The Balaban J connectivity index is 0.00000256. The van der Waals surface area contributed by atoms with Gasteiger partial charge in [-0.05, 0) is 29.8 Å². The van der Waals surface area contributed by atoms with E-state index in [0.29, 0.717) is 36.7 Å². The van der Waals surface area contributed by atoms with Gasteiger partial charge >= 0.3 is 0 Å². The Morgan fingerprint density at radius 3 is 1.90 bits per heavy atom. The molecule has 4 atom stereocenters. The molecule has 30 heavy (non-hydrogen) atoms. The van der Waals surface area contributed by atoms with Crippen LogP contribution < -0.4 is 16.2 Å². The van der Waals surface area contributed by atoms with Gasteiger partial charge in [-0.1, -0.05) is 31.7 Å². The first kappa shape index (κ1) is 21.8. The summed E-state index contributed by atoms with van der Waals surface area (Å²) < 4.78 is 23.8. The van der Waals surface area contributed by atoms with Gasteiger partial charge in [-0.3, -0.25) is 10.8 Å². The van der Waals surface area contributed by atoms with Crippen LogP contribution in [0.5, 0.6) is 5.75 Å². The smallest absolute Gasteiger partial charge is 0.151 e. The molecule has 0 spiro atoms. The molecule has 0 aliphatic carbocycles. The molecule has 0 aromatic heterocycles. The summed E-state index contributed by atoms with van der Waals surface area (Å²) in [6, 6.07) is 14.5. The Morgan fingerprint density at radius 1 is 0.833 bits per heavy atom. The lowest BCUT2D eigenvalue weighted by molar-refractivity contribution is -0.0425. The summed E-state index contributed by atoms with van der Waals surface area (Å²) in [5, 5.41) is 14.9. The van der Waals surface area contributed by atoms with Crippen molar-refractivity contribution in [1.82, 2.24) is 0 Å². The van der Waals surface area contributed by atoms with Crippen LogP contribution >= 0.6 is 0 Å². The van der Waals surface area contributed by atoms with Gasteiger partial charge in [0.1, 0.15) is 35.7 Å². The summed E-state index contributed by atoms with van der Waals surface area (Å²) >= 11 is 0. The first-order valence-corrected chi connectivity index (χ1v) is 9.40. The van der Waals surface area contributed by atoms with Gasteiger partial charge < -0.3 is 30.4 Å². The normalized spacial score (nSPS) is 24.7. The van der Waals surface area contributed by atoms with E-state index < -0.39 is 0 Å². The van der Waals surface area contributed by atoms with Crippen molar-refractivity contribution in [3.63, 3.8) is 0 Å². The molecule has 2 saturated heterocycles. The van der Waals surface area contributed by atoms with Gasteiger partial charge in [0.25, 0.3) is 0 Å². The van der Waals surface area contributed by atoms with E-state index in [9.17, 15) is 0 Å². The van der Waals surface area contributed by atoms with Gasteiger partial charge in [0.2, 0.25) is 0 Å². The topological polar surface area (TPSA) is 137 Å². The molecule has 2 aliphatic heterocycles. The quantitative estimate of drug-likeness (QED) is 0.406. The molecule has 160 valence electrons. The van der Waals surface area contributed by atoms with Crippen LogP contribution in [0.15, 0.2) is 48.5 Å². The minimum atomic E-state index is -0.216. The number of hydrogen-bond donors (Lipinski definition) is 4. The van der Waals surface area contributed by atoms with Gasteiger partial charge in [0, 0.05) is 11.1 Å². The molecule has 2 fully saturated rings. The number of nitrogens with two attached hydrogens (primary N) is 2. The van der Waals surface area contributed by atoms with E-state index in [-0.39, 0.29) is 43.5 Å². The van der Waals surface area contributed by atoms with Crippen LogP contribution in [0.1, 0.15) is 24.1 Å². The average molecular weight is 412 g/mol. The van der Waals surface area contributed by atoms with Gasteiger partial charge in [-0.25, -0.2) is 0 Å². The molecule has 2 heterocycles. The highest BCUT2D eigenvalue weighted by atomic mass is 16.6. The minimum Gasteiger partial charge on any atom is -0.485 e. The molecular weight excluding hydrogens is 384 g/mol. The van der Waals surface area contributed by atoms with Crippen LogP contribution in [-0.2, 0) is 20.8 Å². The minimum absolute atomic E-state index is 0. The first-order chi connectivity index (χ1) is 14.0. The van der Waals surface area contributed by atoms with E-state index in [4.69, 9.17) is 41.2 Å². The summed E-state index contributed by atoms with van der Waals surface area (Å²) in [6.07, 6.45) is -0.742. The van der Waals surface area contributed by atoms with Crippen LogP contribution in [0.4, 0.5) is 0 Å². The lowest BCUT2D eigenvalue weighted by atomic mass is 10.1. The third-order valence-corrected chi connectivity index (χ3v) is 5.14. The molecule has 2 aromatic carbocycles. The first-order valence-electron chi connectivity index (χ1n) is 9.40. The highest BCUT2D eigenvalue weighted by Crippen LogP contribution is 2.32. The fourth-order valence-corrected chi connectivity index (χ4v) is 3.54. The molecule has 8 heteroatoms. The molecule has 4 rings (SSSR count). The molecule has 0 radical (unpaired) electrons. The van der Waals surface area contributed by atoms with Crippen molar-refractivity contribution in [2.24, 2.45) is 11.5 Å². The molecule has 0 unspecified atom stereocenters. The van der Waals surface area contributed by atoms with Gasteiger partial charge in [0.15, 0.2) is 6.10 Å². The van der Waals surface area contributed by atoms with Gasteiger partial charge in [0.05, 0.1) is 19.8 Å². The Labute approximate surface area is 176 Å². The Bertz CT molecular complexity index is 885. The van der Waals surface area contributed by atoms with Crippen molar-refractivity contribution < 1.29 is 18.9 Å². The average Bonchev–Trinajstić information content (AvgIpc) is 3.30. The second kappa shape index (κ2) is 9.25. The van der Waals surface area contributed by atoms with Crippen LogP contribution in [-0.4, -0.2) is 49.3 Å². The number of benzene rings is 2. The zero-order valence-corrected chi connectivity index (χ0v) is 15.8. The van der Waals surface area contributed by atoms with E-state index in [1.165, 1.54) is 0 Å². The largest absolute Gasteiger partial charge is 0.485 e. The van der Waals surface area contributed by atoms with E-state index >= 15 is 0 Å². The Kier molecular flexibility index (Phi) is 6.71. The highest BCUT2D eigenvalue weighted by molar-refractivity contribution is 5.95. The summed E-state index contributed by atoms with van der Waals surface area (Å²) in [5.41, 5.74) is 13.3. The van der Waals surface area contributed by atoms with Gasteiger partial charge in [-0.2, -0.15) is 0 Å². The summed E-state index contributed by atoms with van der Waals surface area (Å²) in [6.45, 7) is 1.30. The van der Waals surface area contributed by atoms with Crippen molar-refractivity contribution >= 4 is 11.7 Å². The zero-order chi connectivity index (χ0) is 20.4. The van der Waals surface area contributed by atoms with E-state index in [1.54, 1.807) is 24.3 Å². The van der Waals surface area contributed by atoms with Crippen molar-refractivity contribution in [2.45, 2.75) is 38.4 Å². The van der Waals surface area contributed by atoms with Crippen molar-refractivity contribution in [3.8, 4) is 5.75 Å². The third-order valence-electron chi connectivity index (χ3n) is 5.14. The second-order valence-corrected chi connectivity index (χ2v) is 7.15. The number of nitrogen functional groups attached to an aromatic ring is 2. The van der Waals surface area contributed by atoms with Crippen LogP contribution in [0.3, 0.4) is 0 Å². The Hall–Kier alpha value is -2.94. The number of amidine groups is 2. The maximum absolute atomic E-state index is 7.45. The predicted octanol–water partition coefficient (Wildman–Crippen LogP) is 2.02. The molecule has 8 nitrogen and oxygen atoms in total. The van der Waals surface area contributed by atoms with Crippen LogP contribution in [0.2, 0.25) is 0 Å². The van der Waals surface area contributed by atoms with E-state index in [1.807, 2.05) is 24.3 Å². The number of hydrogen-bond acceptors (Lipinski definition) is 6. The zero-order valence-electron chi connectivity index (χ0n) is 15.8. The second-order valence-electron chi connectivity index (χ2n) is 7.15. The number of nitrogens with one attached hydrogen (secondary N) is 2. The summed E-state index contributed by atoms with van der Waals surface area (Å²) in [5.74, 6) is 0.754. The molecule has 2 aliphatic rings. The fraction of sp³-hybridized carbons (Fsp3) is 0.364. The third kappa shape index (κ3) is 4.62. The summed E-state index contributed by atoms with van der Waals surface area (Å²) in [7, 11) is 0. The molecule has 0 amide bonds.